The van der Waals surface area contributed by atoms with Crippen molar-refractivity contribution in [3.05, 3.63) is 64.8 Å². The lowest BCUT2D eigenvalue weighted by molar-refractivity contribution is 0.391. The summed E-state index contributed by atoms with van der Waals surface area (Å²) in [5.74, 6) is 0. The summed E-state index contributed by atoms with van der Waals surface area (Å²) < 4.78 is 27.6. The van der Waals surface area contributed by atoms with Crippen molar-refractivity contribution in [1.82, 2.24) is 9.29 Å². The van der Waals surface area contributed by atoms with Crippen LogP contribution in [0.5, 0.6) is 0 Å². The minimum Gasteiger partial charge on any atom is -0.358 e. The molecule has 0 aliphatic carbocycles. The zero-order valence-electron chi connectivity index (χ0n) is 13.8. The van der Waals surface area contributed by atoms with Gasteiger partial charge in [-0.3, -0.25) is 0 Å². The summed E-state index contributed by atoms with van der Waals surface area (Å²) in [6.07, 6.45) is 0.716. The summed E-state index contributed by atoms with van der Waals surface area (Å²) in [6, 6.07) is 13.4. The molecule has 0 bridgehead atoms. The number of benzene rings is 2. The molecule has 1 aromatic heterocycles. The number of aryl methyl sites for hydroxylation is 2. The quantitative estimate of drug-likeness (QED) is 0.776. The number of nitrogens with one attached hydrogen (secondary N) is 1. The van der Waals surface area contributed by atoms with Crippen LogP contribution in [0.25, 0.3) is 10.9 Å². The number of H-pyrrole nitrogens is 1. The smallest absolute Gasteiger partial charge is 0.243 e. The molecule has 3 aromatic rings. The lowest BCUT2D eigenvalue weighted by Crippen LogP contribution is -2.35. The number of aromatic nitrogens is 1. The molecular weight excluding hydrogens is 320 g/mol. The molecule has 2 heterocycles. The Balaban J connectivity index is 1.76. The van der Waals surface area contributed by atoms with Gasteiger partial charge in [-0.25, -0.2) is 8.42 Å². The highest BCUT2D eigenvalue weighted by atomic mass is 32.2. The molecule has 0 radical (unpaired) electrons. The van der Waals surface area contributed by atoms with Crippen LogP contribution in [0.1, 0.15) is 22.4 Å². The molecule has 1 aliphatic heterocycles. The Morgan fingerprint density at radius 2 is 1.83 bits per heavy atom. The Hall–Kier alpha value is -2.11. The first-order chi connectivity index (χ1) is 11.4. The van der Waals surface area contributed by atoms with Gasteiger partial charge in [0.1, 0.15) is 0 Å². The van der Waals surface area contributed by atoms with Crippen LogP contribution in [0.3, 0.4) is 0 Å². The molecule has 24 heavy (non-hydrogen) atoms. The fraction of sp³-hybridized carbons (Fsp3) is 0.263. The number of aromatic amines is 1. The zero-order valence-corrected chi connectivity index (χ0v) is 14.7. The summed E-state index contributed by atoms with van der Waals surface area (Å²) >= 11 is 0. The zero-order chi connectivity index (χ0) is 16.9. The second-order valence-electron chi connectivity index (χ2n) is 6.54. The lowest BCUT2D eigenvalue weighted by atomic mass is 10.0. The molecule has 0 amide bonds. The van der Waals surface area contributed by atoms with Crippen molar-refractivity contribution in [2.45, 2.75) is 31.7 Å². The maximum absolute atomic E-state index is 13.0. The van der Waals surface area contributed by atoms with E-state index in [4.69, 9.17) is 0 Å². The van der Waals surface area contributed by atoms with Crippen LogP contribution >= 0.6 is 0 Å². The minimum atomic E-state index is -3.46. The monoisotopic (exact) mass is 340 g/mol. The van der Waals surface area contributed by atoms with E-state index in [9.17, 15) is 8.42 Å². The van der Waals surface area contributed by atoms with Crippen molar-refractivity contribution in [2.24, 2.45) is 0 Å². The standard InChI is InChI=1S/C19H20N2O2S/c1-13-4-3-5-15(10-13)24(22,23)21-9-8-19-17(12-21)16-11-14(2)6-7-18(16)20-19/h3-7,10-11,20H,8-9,12H2,1-2H3. The summed E-state index contributed by atoms with van der Waals surface area (Å²) in [5, 5.41) is 1.13. The van der Waals surface area contributed by atoms with Gasteiger partial charge in [0.15, 0.2) is 0 Å². The van der Waals surface area contributed by atoms with E-state index in [2.05, 4.69) is 30.1 Å². The molecule has 4 nitrogen and oxygen atoms in total. The largest absolute Gasteiger partial charge is 0.358 e. The number of sulfonamides is 1. The molecule has 124 valence electrons. The van der Waals surface area contributed by atoms with E-state index >= 15 is 0 Å². The maximum atomic E-state index is 13.0. The molecule has 0 atom stereocenters. The minimum absolute atomic E-state index is 0.377. The van der Waals surface area contributed by atoms with Crippen LogP contribution in [0.15, 0.2) is 47.4 Å². The lowest BCUT2D eigenvalue weighted by Gasteiger charge is -2.26. The predicted octanol–water partition coefficient (Wildman–Crippen LogP) is 3.53. The molecule has 5 heteroatoms. The Labute approximate surface area is 142 Å². The average Bonchev–Trinajstić information content (AvgIpc) is 2.92. The van der Waals surface area contributed by atoms with E-state index in [-0.39, 0.29) is 0 Å². The molecular formula is C19H20N2O2S. The SMILES string of the molecule is Cc1cccc(S(=O)(=O)N2CCc3[nH]c4ccc(C)cc4c3C2)c1. The molecule has 0 saturated carbocycles. The molecule has 0 spiro atoms. The maximum Gasteiger partial charge on any atom is 0.243 e. The Kier molecular flexibility index (Phi) is 3.51. The van der Waals surface area contributed by atoms with Crippen molar-refractivity contribution < 1.29 is 8.42 Å². The summed E-state index contributed by atoms with van der Waals surface area (Å²) in [6.45, 7) is 4.91. The van der Waals surface area contributed by atoms with Gasteiger partial charge < -0.3 is 4.98 Å². The van der Waals surface area contributed by atoms with Crippen molar-refractivity contribution >= 4 is 20.9 Å². The van der Waals surface area contributed by atoms with Crippen molar-refractivity contribution in [1.29, 1.82) is 0 Å². The number of fused-ring (bicyclic) bond motifs is 3. The third kappa shape index (κ3) is 2.44. The summed E-state index contributed by atoms with van der Waals surface area (Å²) in [7, 11) is -3.46. The molecule has 0 fully saturated rings. The second-order valence-corrected chi connectivity index (χ2v) is 8.47. The third-order valence-corrected chi connectivity index (χ3v) is 6.56. The average molecular weight is 340 g/mol. The van der Waals surface area contributed by atoms with Crippen molar-refractivity contribution in [3.63, 3.8) is 0 Å². The Morgan fingerprint density at radius 1 is 1.04 bits per heavy atom. The topological polar surface area (TPSA) is 53.2 Å². The van der Waals surface area contributed by atoms with Gasteiger partial charge in [-0.2, -0.15) is 4.31 Å². The highest BCUT2D eigenvalue weighted by Crippen LogP contribution is 2.31. The van der Waals surface area contributed by atoms with Gasteiger partial charge >= 0.3 is 0 Å². The fourth-order valence-corrected chi connectivity index (χ4v) is 4.95. The highest BCUT2D eigenvalue weighted by molar-refractivity contribution is 7.89. The van der Waals surface area contributed by atoms with Crippen LogP contribution in [-0.2, 0) is 23.0 Å². The van der Waals surface area contributed by atoms with Crippen LogP contribution in [-0.4, -0.2) is 24.3 Å². The molecule has 0 saturated heterocycles. The summed E-state index contributed by atoms with van der Waals surface area (Å²) in [4.78, 5) is 3.82. The number of hydrogen-bond acceptors (Lipinski definition) is 2. The van der Waals surface area contributed by atoms with Crippen LogP contribution in [0, 0.1) is 13.8 Å². The van der Waals surface area contributed by atoms with E-state index in [1.54, 1.807) is 22.5 Å². The molecule has 0 unspecified atom stereocenters. The van der Waals surface area contributed by atoms with Crippen LogP contribution in [0.4, 0.5) is 0 Å². The summed E-state index contributed by atoms with van der Waals surface area (Å²) in [5.41, 5.74) is 5.49. The third-order valence-electron chi connectivity index (χ3n) is 4.72. The van der Waals surface area contributed by atoms with E-state index in [0.29, 0.717) is 24.4 Å². The van der Waals surface area contributed by atoms with Gasteiger partial charge in [-0.15, -0.1) is 0 Å². The van der Waals surface area contributed by atoms with Gasteiger partial charge in [0, 0.05) is 36.1 Å². The Bertz CT molecular complexity index is 1030. The molecule has 4 rings (SSSR count). The van der Waals surface area contributed by atoms with Gasteiger partial charge in [0.2, 0.25) is 10.0 Å². The number of nitrogens with zero attached hydrogens (tertiary/aromatic N) is 1. The molecule has 1 N–H and O–H groups in total. The fourth-order valence-electron chi connectivity index (χ4n) is 3.43. The normalized spacial score (nSPS) is 15.6. The Morgan fingerprint density at radius 3 is 2.62 bits per heavy atom. The van der Waals surface area contributed by atoms with Gasteiger partial charge in [0.05, 0.1) is 4.90 Å². The number of hydrogen-bond donors (Lipinski definition) is 1. The van der Waals surface area contributed by atoms with E-state index < -0.39 is 10.0 Å². The molecule has 2 aromatic carbocycles. The molecule has 1 aliphatic rings. The highest BCUT2D eigenvalue weighted by Gasteiger charge is 2.30. The first kappa shape index (κ1) is 15.4. The van der Waals surface area contributed by atoms with Gasteiger partial charge in [0.25, 0.3) is 0 Å². The van der Waals surface area contributed by atoms with Gasteiger partial charge in [-0.05, 0) is 49.2 Å². The predicted molar refractivity (Wildman–Crippen MR) is 95.5 cm³/mol. The second kappa shape index (κ2) is 5.46. The van der Waals surface area contributed by atoms with E-state index in [1.165, 1.54) is 5.56 Å². The van der Waals surface area contributed by atoms with Crippen molar-refractivity contribution in [3.8, 4) is 0 Å². The van der Waals surface area contributed by atoms with E-state index in [1.807, 2.05) is 13.0 Å². The first-order valence-electron chi connectivity index (χ1n) is 8.12. The number of rotatable bonds is 2. The first-order valence-corrected chi connectivity index (χ1v) is 9.56. The van der Waals surface area contributed by atoms with Crippen LogP contribution < -0.4 is 0 Å². The van der Waals surface area contributed by atoms with Gasteiger partial charge in [-0.1, -0.05) is 23.8 Å². The van der Waals surface area contributed by atoms with Crippen molar-refractivity contribution in [2.75, 3.05) is 6.54 Å². The van der Waals surface area contributed by atoms with E-state index in [0.717, 1.165) is 27.7 Å². The van der Waals surface area contributed by atoms with Crippen LogP contribution in [0.2, 0.25) is 0 Å².